The summed E-state index contributed by atoms with van der Waals surface area (Å²) in [5.41, 5.74) is 4.08. The summed E-state index contributed by atoms with van der Waals surface area (Å²) in [6, 6.07) is 13.2. The Hall–Kier alpha value is -1.99. The Labute approximate surface area is 170 Å². The zero-order valence-electron chi connectivity index (χ0n) is 16.3. The molecule has 2 aromatic rings. The number of thioether (sulfide) groups is 1. The molecular formula is C21H24N2O3S2. The molecule has 28 heavy (non-hydrogen) atoms. The van der Waals surface area contributed by atoms with Gasteiger partial charge in [0, 0.05) is 17.1 Å². The molecule has 2 heterocycles. The van der Waals surface area contributed by atoms with Gasteiger partial charge in [-0.25, -0.2) is 13.2 Å². The fourth-order valence-electron chi connectivity index (χ4n) is 4.18. The molecule has 2 aliphatic rings. The third kappa shape index (κ3) is 3.42. The monoisotopic (exact) mass is 416 g/mol. The van der Waals surface area contributed by atoms with E-state index in [0.717, 1.165) is 27.3 Å². The van der Waals surface area contributed by atoms with Crippen LogP contribution in [0.1, 0.15) is 16.7 Å². The minimum atomic E-state index is -3.17. The van der Waals surface area contributed by atoms with Gasteiger partial charge >= 0.3 is 6.03 Å². The van der Waals surface area contributed by atoms with Crippen LogP contribution in [0.2, 0.25) is 0 Å². The van der Waals surface area contributed by atoms with Crippen molar-refractivity contribution in [3.63, 3.8) is 0 Å². The van der Waals surface area contributed by atoms with Gasteiger partial charge < -0.3 is 4.90 Å². The quantitative estimate of drug-likeness (QED) is 0.564. The van der Waals surface area contributed by atoms with Gasteiger partial charge in [-0.15, -0.1) is 11.8 Å². The highest BCUT2D eigenvalue weighted by molar-refractivity contribution is 7.98. The average Bonchev–Trinajstić information content (AvgIpc) is 3.08. The Balaban J connectivity index is 1.73. The number of benzene rings is 2. The van der Waals surface area contributed by atoms with Gasteiger partial charge in [0.05, 0.1) is 23.6 Å². The Kier molecular flexibility index (Phi) is 4.91. The summed E-state index contributed by atoms with van der Waals surface area (Å²) in [7, 11) is -3.17. The second-order valence-electron chi connectivity index (χ2n) is 7.62. The van der Waals surface area contributed by atoms with Gasteiger partial charge in [0.2, 0.25) is 0 Å². The second-order valence-corrected chi connectivity index (χ2v) is 10.7. The summed E-state index contributed by atoms with van der Waals surface area (Å²) in [4.78, 5) is 17.9. The predicted octanol–water partition coefficient (Wildman–Crippen LogP) is 3.63. The van der Waals surface area contributed by atoms with Crippen LogP contribution >= 0.6 is 11.8 Å². The fraction of sp³-hybridized carbons (Fsp3) is 0.381. The number of hydrogen-bond donors (Lipinski definition) is 0. The predicted molar refractivity (Wildman–Crippen MR) is 114 cm³/mol. The van der Waals surface area contributed by atoms with Gasteiger partial charge in [-0.3, -0.25) is 4.90 Å². The van der Waals surface area contributed by atoms with E-state index in [1.54, 1.807) is 21.6 Å². The molecule has 0 unspecified atom stereocenters. The third-order valence-electron chi connectivity index (χ3n) is 5.65. The molecule has 0 radical (unpaired) electrons. The number of carbonyl (C=O) groups is 1. The number of rotatable bonds is 4. The standard InChI is InChI=1S/C21H24N2O3S2/c1-14-7-8-15(2)16(9-14)11-22-19-12-28(25,26)13-20(19)23(21(22)24)17-5-4-6-18(10-17)27-3/h4-10,19-20H,11-13H2,1-3H3/t19-,20-/m0/s1. The van der Waals surface area contributed by atoms with Crippen LogP contribution in [-0.4, -0.2) is 49.2 Å². The zero-order valence-corrected chi connectivity index (χ0v) is 17.9. The highest BCUT2D eigenvalue weighted by atomic mass is 32.2. The molecule has 2 aromatic carbocycles. The van der Waals surface area contributed by atoms with Crippen molar-refractivity contribution in [1.82, 2.24) is 4.90 Å². The van der Waals surface area contributed by atoms with Crippen molar-refractivity contribution in [2.24, 2.45) is 0 Å². The summed E-state index contributed by atoms with van der Waals surface area (Å²) in [5.74, 6) is 0.0587. The van der Waals surface area contributed by atoms with E-state index in [4.69, 9.17) is 0 Å². The van der Waals surface area contributed by atoms with E-state index in [1.807, 2.05) is 56.5 Å². The number of urea groups is 1. The molecule has 0 aliphatic carbocycles. The molecule has 0 saturated carbocycles. The number of anilines is 1. The second kappa shape index (κ2) is 7.12. The molecule has 5 nitrogen and oxygen atoms in total. The number of hydrogen-bond acceptors (Lipinski definition) is 4. The maximum absolute atomic E-state index is 13.4. The molecule has 2 saturated heterocycles. The van der Waals surface area contributed by atoms with Crippen LogP contribution in [0, 0.1) is 13.8 Å². The van der Waals surface area contributed by atoms with Crippen molar-refractivity contribution in [1.29, 1.82) is 0 Å². The number of sulfone groups is 1. The summed E-state index contributed by atoms with van der Waals surface area (Å²) in [5, 5.41) is 0. The van der Waals surface area contributed by atoms with E-state index in [9.17, 15) is 13.2 Å². The normalized spacial score (nSPS) is 23.3. The highest BCUT2D eigenvalue weighted by Gasteiger charge is 2.53. The number of aryl methyl sites for hydroxylation is 2. The molecule has 2 fully saturated rings. The number of fused-ring (bicyclic) bond motifs is 1. The first-order valence-corrected chi connectivity index (χ1v) is 12.3. The van der Waals surface area contributed by atoms with Crippen molar-refractivity contribution in [2.45, 2.75) is 37.4 Å². The molecular weight excluding hydrogens is 392 g/mol. The van der Waals surface area contributed by atoms with Crippen LogP contribution in [0.4, 0.5) is 10.5 Å². The van der Waals surface area contributed by atoms with Crippen LogP contribution in [0.3, 0.4) is 0 Å². The first kappa shape index (κ1) is 19.3. The molecule has 2 aliphatic heterocycles. The van der Waals surface area contributed by atoms with E-state index >= 15 is 0 Å². The van der Waals surface area contributed by atoms with Crippen LogP contribution in [0.15, 0.2) is 47.4 Å². The first-order chi connectivity index (χ1) is 13.3. The Morgan fingerprint density at radius 3 is 2.57 bits per heavy atom. The van der Waals surface area contributed by atoms with E-state index in [-0.39, 0.29) is 29.6 Å². The first-order valence-electron chi connectivity index (χ1n) is 9.29. The molecule has 0 N–H and O–H groups in total. The van der Waals surface area contributed by atoms with Crippen molar-refractivity contribution < 1.29 is 13.2 Å². The number of carbonyl (C=O) groups excluding carboxylic acids is 1. The van der Waals surface area contributed by atoms with Gasteiger partial charge in [-0.1, -0.05) is 29.8 Å². The van der Waals surface area contributed by atoms with E-state index in [0.29, 0.717) is 6.54 Å². The van der Waals surface area contributed by atoms with Crippen molar-refractivity contribution >= 4 is 33.3 Å². The maximum atomic E-state index is 13.4. The molecule has 2 atom stereocenters. The average molecular weight is 417 g/mol. The molecule has 0 spiro atoms. The summed E-state index contributed by atoms with van der Waals surface area (Å²) in [6.07, 6.45) is 1.99. The molecule has 7 heteroatoms. The molecule has 0 bridgehead atoms. The van der Waals surface area contributed by atoms with Crippen LogP contribution in [-0.2, 0) is 16.4 Å². The summed E-state index contributed by atoms with van der Waals surface area (Å²) >= 11 is 1.61. The number of amides is 2. The van der Waals surface area contributed by atoms with Gasteiger partial charge in [0.15, 0.2) is 9.84 Å². The van der Waals surface area contributed by atoms with Gasteiger partial charge in [0.1, 0.15) is 0 Å². The van der Waals surface area contributed by atoms with Crippen molar-refractivity contribution in [3.05, 3.63) is 59.2 Å². The molecule has 0 aromatic heterocycles. The lowest BCUT2D eigenvalue weighted by Gasteiger charge is -2.23. The van der Waals surface area contributed by atoms with Crippen molar-refractivity contribution in [3.8, 4) is 0 Å². The highest BCUT2D eigenvalue weighted by Crippen LogP contribution is 2.37. The zero-order chi connectivity index (χ0) is 20.1. The lowest BCUT2D eigenvalue weighted by Crippen LogP contribution is -2.37. The fourth-order valence-corrected chi connectivity index (χ4v) is 6.58. The van der Waals surface area contributed by atoms with Crippen LogP contribution in [0.25, 0.3) is 0 Å². The Bertz CT molecular complexity index is 1040. The van der Waals surface area contributed by atoms with Gasteiger partial charge in [-0.2, -0.15) is 0 Å². The van der Waals surface area contributed by atoms with E-state index < -0.39 is 9.84 Å². The van der Waals surface area contributed by atoms with Gasteiger partial charge in [-0.05, 0) is 49.4 Å². The molecule has 2 amide bonds. The summed E-state index contributed by atoms with van der Waals surface area (Å²) in [6.45, 7) is 4.48. The topological polar surface area (TPSA) is 57.7 Å². The Morgan fingerprint density at radius 2 is 1.82 bits per heavy atom. The summed E-state index contributed by atoms with van der Waals surface area (Å²) < 4.78 is 24.8. The third-order valence-corrected chi connectivity index (χ3v) is 8.08. The largest absolute Gasteiger partial charge is 0.325 e. The lowest BCUT2D eigenvalue weighted by molar-refractivity contribution is 0.205. The van der Waals surface area contributed by atoms with E-state index in [1.165, 1.54) is 0 Å². The molecule has 4 rings (SSSR count). The van der Waals surface area contributed by atoms with Crippen LogP contribution < -0.4 is 4.90 Å². The van der Waals surface area contributed by atoms with Crippen molar-refractivity contribution in [2.75, 3.05) is 22.7 Å². The molecule has 148 valence electrons. The number of nitrogens with zero attached hydrogens (tertiary/aromatic N) is 2. The Morgan fingerprint density at radius 1 is 1.07 bits per heavy atom. The van der Waals surface area contributed by atoms with Gasteiger partial charge in [0.25, 0.3) is 0 Å². The van der Waals surface area contributed by atoms with E-state index in [2.05, 4.69) is 6.07 Å². The van der Waals surface area contributed by atoms with Crippen LogP contribution in [0.5, 0.6) is 0 Å². The SMILES string of the molecule is CSc1cccc(N2C(=O)N(Cc3cc(C)ccc3C)[C@H]3CS(=O)(=O)C[C@@H]32)c1. The maximum Gasteiger partial charge on any atom is 0.325 e. The minimum Gasteiger partial charge on any atom is -0.314 e. The minimum absolute atomic E-state index is 0.0240. The smallest absolute Gasteiger partial charge is 0.314 e. The lowest BCUT2D eigenvalue weighted by atomic mass is 10.0.